The van der Waals surface area contributed by atoms with Crippen LogP contribution in [0.2, 0.25) is 0 Å². The number of esters is 1. The van der Waals surface area contributed by atoms with Crippen molar-refractivity contribution in [2.24, 2.45) is 0 Å². The van der Waals surface area contributed by atoms with E-state index in [1.807, 2.05) is 6.92 Å². The summed E-state index contributed by atoms with van der Waals surface area (Å²) in [4.78, 5) is 23.6. The predicted octanol–water partition coefficient (Wildman–Crippen LogP) is 1.18. The van der Waals surface area contributed by atoms with Crippen molar-refractivity contribution in [3.63, 3.8) is 0 Å². The van der Waals surface area contributed by atoms with Crippen molar-refractivity contribution >= 4 is 17.6 Å². The number of morpholine rings is 1. The average molecular weight is 292 g/mol. The summed E-state index contributed by atoms with van der Waals surface area (Å²) in [7, 11) is 0. The van der Waals surface area contributed by atoms with Crippen molar-refractivity contribution in [1.29, 1.82) is 0 Å². The first-order chi connectivity index (χ1) is 10.2. The number of carbonyl (C=O) groups excluding carboxylic acids is 2. The van der Waals surface area contributed by atoms with Crippen LogP contribution < -0.4 is 10.6 Å². The topological polar surface area (TPSA) is 76.7 Å². The van der Waals surface area contributed by atoms with Gasteiger partial charge in [-0.3, -0.25) is 4.79 Å². The van der Waals surface area contributed by atoms with Crippen molar-refractivity contribution < 1.29 is 19.1 Å². The lowest BCUT2D eigenvalue weighted by molar-refractivity contribution is -0.120. The van der Waals surface area contributed by atoms with E-state index in [2.05, 4.69) is 10.6 Å². The summed E-state index contributed by atoms with van der Waals surface area (Å²) in [6, 6.07) is 6.30. The molecular formula is C15H20N2O4. The summed E-state index contributed by atoms with van der Waals surface area (Å²) in [5.74, 6) is -0.493. The van der Waals surface area contributed by atoms with E-state index in [9.17, 15) is 9.59 Å². The van der Waals surface area contributed by atoms with E-state index in [1.54, 1.807) is 24.3 Å². The van der Waals surface area contributed by atoms with Gasteiger partial charge in [-0.2, -0.15) is 0 Å². The van der Waals surface area contributed by atoms with Gasteiger partial charge in [-0.15, -0.1) is 0 Å². The maximum Gasteiger partial charge on any atom is 0.338 e. The van der Waals surface area contributed by atoms with Crippen molar-refractivity contribution in [2.75, 3.05) is 31.7 Å². The normalized spacial score (nSPS) is 18.0. The zero-order chi connectivity index (χ0) is 15.1. The summed E-state index contributed by atoms with van der Waals surface area (Å²) < 4.78 is 10.3. The Morgan fingerprint density at radius 3 is 2.76 bits per heavy atom. The third kappa shape index (κ3) is 4.54. The van der Waals surface area contributed by atoms with Crippen LogP contribution in [0.3, 0.4) is 0 Å². The SMILES string of the molecule is CCCOC(=O)c1ccc(NC(=O)C2COCCN2)cc1. The fraction of sp³-hybridized carbons (Fsp3) is 0.467. The number of carbonyl (C=O) groups is 2. The molecule has 1 aliphatic heterocycles. The minimum Gasteiger partial charge on any atom is -0.462 e. The highest BCUT2D eigenvalue weighted by Crippen LogP contribution is 2.11. The largest absolute Gasteiger partial charge is 0.462 e. The van der Waals surface area contributed by atoms with Gasteiger partial charge in [-0.1, -0.05) is 6.92 Å². The van der Waals surface area contributed by atoms with Crippen LogP contribution in [0.1, 0.15) is 23.7 Å². The number of anilines is 1. The lowest BCUT2D eigenvalue weighted by Gasteiger charge is -2.22. The van der Waals surface area contributed by atoms with Gasteiger partial charge in [0.2, 0.25) is 5.91 Å². The minimum absolute atomic E-state index is 0.143. The van der Waals surface area contributed by atoms with Gasteiger partial charge in [-0.25, -0.2) is 4.79 Å². The second-order valence-corrected chi connectivity index (χ2v) is 4.78. The smallest absolute Gasteiger partial charge is 0.338 e. The summed E-state index contributed by atoms with van der Waals surface area (Å²) >= 11 is 0. The molecule has 6 nitrogen and oxygen atoms in total. The second kappa shape index (κ2) is 7.75. The monoisotopic (exact) mass is 292 g/mol. The molecule has 1 unspecified atom stereocenters. The number of ether oxygens (including phenoxy) is 2. The summed E-state index contributed by atoms with van der Waals surface area (Å²) in [5.41, 5.74) is 1.11. The molecule has 0 spiro atoms. The van der Waals surface area contributed by atoms with Gasteiger partial charge >= 0.3 is 5.97 Å². The molecule has 21 heavy (non-hydrogen) atoms. The van der Waals surface area contributed by atoms with Crippen molar-refractivity contribution in [2.45, 2.75) is 19.4 Å². The van der Waals surface area contributed by atoms with Gasteiger partial charge in [0, 0.05) is 12.2 Å². The van der Waals surface area contributed by atoms with Crippen LogP contribution in [0, 0.1) is 0 Å². The second-order valence-electron chi connectivity index (χ2n) is 4.78. The number of hydrogen-bond acceptors (Lipinski definition) is 5. The Bertz CT molecular complexity index is 481. The molecule has 1 aliphatic rings. The molecule has 1 aromatic rings. The number of rotatable bonds is 5. The Morgan fingerprint density at radius 1 is 1.38 bits per heavy atom. The summed E-state index contributed by atoms with van der Waals surface area (Å²) in [6.07, 6.45) is 0.788. The zero-order valence-corrected chi connectivity index (χ0v) is 12.1. The van der Waals surface area contributed by atoms with E-state index in [-0.39, 0.29) is 17.9 Å². The Morgan fingerprint density at radius 2 is 2.14 bits per heavy atom. The van der Waals surface area contributed by atoms with E-state index in [1.165, 1.54) is 0 Å². The molecule has 0 aromatic heterocycles. The first-order valence-corrected chi connectivity index (χ1v) is 7.10. The molecule has 1 saturated heterocycles. The molecule has 0 radical (unpaired) electrons. The number of benzene rings is 1. The molecule has 6 heteroatoms. The van der Waals surface area contributed by atoms with Crippen molar-refractivity contribution in [1.82, 2.24) is 5.32 Å². The fourth-order valence-electron chi connectivity index (χ4n) is 1.93. The number of nitrogens with one attached hydrogen (secondary N) is 2. The van der Waals surface area contributed by atoms with Crippen LogP contribution in [0.15, 0.2) is 24.3 Å². The molecule has 0 saturated carbocycles. The Labute approximate surface area is 123 Å². The quantitative estimate of drug-likeness (QED) is 0.797. The van der Waals surface area contributed by atoms with Crippen LogP contribution in [0.4, 0.5) is 5.69 Å². The lowest BCUT2D eigenvalue weighted by atomic mass is 10.2. The third-order valence-corrected chi connectivity index (χ3v) is 3.06. The van der Waals surface area contributed by atoms with Gasteiger partial charge < -0.3 is 20.1 Å². The molecule has 2 N–H and O–H groups in total. The average Bonchev–Trinajstić information content (AvgIpc) is 2.54. The Kier molecular flexibility index (Phi) is 5.71. The molecule has 1 aromatic carbocycles. The highest BCUT2D eigenvalue weighted by Gasteiger charge is 2.21. The zero-order valence-electron chi connectivity index (χ0n) is 12.1. The molecule has 2 rings (SSSR count). The van der Waals surface area contributed by atoms with Crippen molar-refractivity contribution in [3.05, 3.63) is 29.8 Å². The van der Waals surface area contributed by atoms with Gasteiger partial charge in [0.15, 0.2) is 0 Å². The summed E-state index contributed by atoms with van der Waals surface area (Å²) in [6.45, 7) is 4.01. The van der Waals surface area contributed by atoms with Gasteiger partial charge in [0.25, 0.3) is 0 Å². The first kappa shape index (κ1) is 15.5. The third-order valence-electron chi connectivity index (χ3n) is 3.06. The molecule has 1 amide bonds. The Balaban J connectivity index is 1.89. The standard InChI is InChI=1S/C15H20N2O4/c1-2-8-21-15(19)11-3-5-12(6-4-11)17-14(18)13-10-20-9-7-16-13/h3-6,13,16H,2,7-10H2,1H3,(H,17,18). The van der Waals surface area contributed by atoms with Crippen LogP contribution in [0.5, 0.6) is 0 Å². The van der Waals surface area contributed by atoms with Crippen molar-refractivity contribution in [3.8, 4) is 0 Å². The van der Waals surface area contributed by atoms with E-state index in [4.69, 9.17) is 9.47 Å². The molecule has 1 atom stereocenters. The van der Waals surface area contributed by atoms with Crippen LogP contribution >= 0.6 is 0 Å². The Hall–Kier alpha value is -1.92. The molecule has 0 bridgehead atoms. The predicted molar refractivity (Wildman–Crippen MR) is 78.3 cm³/mol. The van der Waals surface area contributed by atoms with Gasteiger partial charge in [0.1, 0.15) is 6.04 Å². The number of hydrogen-bond donors (Lipinski definition) is 2. The van der Waals surface area contributed by atoms with Crippen LogP contribution in [-0.4, -0.2) is 44.3 Å². The van der Waals surface area contributed by atoms with Gasteiger partial charge in [-0.05, 0) is 30.7 Å². The lowest BCUT2D eigenvalue weighted by Crippen LogP contribution is -2.48. The summed E-state index contributed by atoms with van der Waals surface area (Å²) in [5, 5.41) is 5.87. The molecular weight excluding hydrogens is 272 g/mol. The maximum atomic E-state index is 12.0. The molecule has 114 valence electrons. The van der Waals surface area contributed by atoms with Gasteiger partial charge in [0.05, 0.1) is 25.4 Å². The van der Waals surface area contributed by atoms with E-state index in [0.717, 1.165) is 6.42 Å². The van der Waals surface area contributed by atoms with E-state index >= 15 is 0 Å². The molecule has 1 heterocycles. The highest BCUT2D eigenvalue weighted by atomic mass is 16.5. The number of amides is 1. The van der Waals surface area contributed by atoms with Crippen LogP contribution in [-0.2, 0) is 14.3 Å². The van der Waals surface area contributed by atoms with E-state index in [0.29, 0.717) is 37.6 Å². The molecule has 1 fully saturated rings. The minimum atomic E-state index is -0.350. The first-order valence-electron chi connectivity index (χ1n) is 7.10. The molecule has 0 aliphatic carbocycles. The maximum absolute atomic E-state index is 12.0. The van der Waals surface area contributed by atoms with Crippen LogP contribution in [0.25, 0.3) is 0 Å². The highest BCUT2D eigenvalue weighted by molar-refractivity contribution is 5.96. The fourth-order valence-corrected chi connectivity index (χ4v) is 1.93. The van der Waals surface area contributed by atoms with E-state index < -0.39 is 0 Å².